The monoisotopic (exact) mass is 523 g/mol. The predicted molar refractivity (Wildman–Crippen MR) is 131 cm³/mol. The number of nitrogens with two attached hydrogens (primary N) is 1. The summed E-state index contributed by atoms with van der Waals surface area (Å²) in [7, 11) is 0.704. The molecule has 1 amide bonds. The molecule has 2 aromatic carbocycles. The molecule has 1 aromatic heterocycles. The van der Waals surface area contributed by atoms with Crippen LogP contribution in [0.1, 0.15) is 22.7 Å². The number of carbonyl (C=O) groups is 1. The molecule has 3 aromatic rings. The Bertz CT molecular complexity index is 1420. The molecule has 0 saturated heterocycles. The fraction of sp³-hybridized carbons (Fsp3) is 0.304. The Hall–Kier alpha value is -2.96. The molecule has 0 spiro atoms. The van der Waals surface area contributed by atoms with Crippen molar-refractivity contribution in [2.45, 2.75) is 17.9 Å². The molecule has 1 unspecified atom stereocenters. The first-order valence-corrected chi connectivity index (χ1v) is 12.3. The Morgan fingerprint density at radius 1 is 1.26 bits per heavy atom. The van der Waals surface area contributed by atoms with Crippen LogP contribution in [0.3, 0.4) is 0 Å². The average Bonchev–Trinajstić information content (AvgIpc) is 2.80. The van der Waals surface area contributed by atoms with Crippen LogP contribution in [-0.2, 0) is 14.8 Å². The first kappa shape index (κ1) is 26.6. The highest BCUT2D eigenvalue weighted by molar-refractivity contribution is 7.89. The minimum atomic E-state index is -3.80. The molecule has 1 atom stereocenters. The van der Waals surface area contributed by atoms with E-state index in [2.05, 4.69) is 4.72 Å². The molecule has 3 rings (SSSR count). The number of nitrogens with one attached hydrogen (secondary N) is 1. The van der Waals surface area contributed by atoms with Crippen LogP contribution in [0, 0.1) is 6.92 Å². The van der Waals surface area contributed by atoms with Gasteiger partial charge in [0.05, 0.1) is 28.1 Å². The minimum Gasteiger partial charge on any atom is -0.422 e. The van der Waals surface area contributed by atoms with E-state index in [-0.39, 0.29) is 40.0 Å². The number of amides is 1. The van der Waals surface area contributed by atoms with Crippen LogP contribution in [-0.4, -0.2) is 53.8 Å². The van der Waals surface area contributed by atoms with E-state index in [0.29, 0.717) is 16.5 Å². The third kappa shape index (κ3) is 5.82. The Morgan fingerprint density at radius 3 is 2.63 bits per heavy atom. The van der Waals surface area contributed by atoms with Crippen molar-refractivity contribution in [1.29, 1.82) is 0 Å². The van der Waals surface area contributed by atoms with Crippen LogP contribution in [0.15, 0.2) is 50.5 Å². The minimum absolute atomic E-state index is 0.000206. The number of methoxy groups -OCH3 is 1. The molecule has 1 heterocycles. The van der Waals surface area contributed by atoms with Crippen LogP contribution >= 0.6 is 11.6 Å². The average molecular weight is 524 g/mol. The standard InChI is InChI=1S/C23H26ClN3O7S/c1-13-16-11-17(24)19(34-23(29)27(2)3)12-18(16)33-22(28)20(13)21(25)14-6-5-7-15(10-14)35(30,31)26-8-9-32-4/h5-7,10-12,21,26H,8-9,25H2,1-4H3. The van der Waals surface area contributed by atoms with E-state index < -0.39 is 27.8 Å². The van der Waals surface area contributed by atoms with Crippen molar-refractivity contribution < 1.29 is 27.1 Å². The van der Waals surface area contributed by atoms with Gasteiger partial charge in [0.25, 0.3) is 0 Å². The number of hydrogen-bond acceptors (Lipinski definition) is 8. The van der Waals surface area contributed by atoms with E-state index in [0.717, 1.165) is 0 Å². The zero-order valence-electron chi connectivity index (χ0n) is 19.6. The van der Waals surface area contributed by atoms with E-state index in [1.165, 1.54) is 50.4 Å². The Labute approximate surface area is 207 Å². The fourth-order valence-electron chi connectivity index (χ4n) is 3.39. The molecule has 3 N–H and O–H groups in total. The summed E-state index contributed by atoms with van der Waals surface area (Å²) < 4.78 is 43.1. The highest BCUT2D eigenvalue weighted by Gasteiger charge is 2.23. The number of sulfonamides is 1. The van der Waals surface area contributed by atoms with Crippen LogP contribution in [0.5, 0.6) is 5.75 Å². The molecule has 10 nitrogen and oxygen atoms in total. The maximum Gasteiger partial charge on any atom is 0.414 e. The molecule has 0 radical (unpaired) electrons. The number of carbonyl (C=O) groups excluding carboxylic acids is 1. The Balaban J connectivity index is 2.02. The van der Waals surface area contributed by atoms with Gasteiger partial charge in [-0.2, -0.15) is 0 Å². The molecule has 0 bridgehead atoms. The van der Waals surface area contributed by atoms with Crippen LogP contribution in [0.25, 0.3) is 11.0 Å². The van der Waals surface area contributed by atoms with Crippen LogP contribution in [0.4, 0.5) is 4.79 Å². The number of rotatable bonds is 8. The number of ether oxygens (including phenoxy) is 2. The summed E-state index contributed by atoms with van der Waals surface area (Å²) >= 11 is 6.31. The van der Waals surface area contributed by atoms with Gasteiger partial charge >= 0.3 is 11.7 Å². The van der Waals surface area contributed by atoms with Crippen molar-refractivity contribution in [3.63, 3.8) is 0 Å². The molecule has 0 saturated carbocycles. The van der Waals surface area contributed by atoms with Crippen molar-refractivity contribution in [2.24, 2.45) is 5.73 Å². The number of benzene rings is 2. The van der Waals surface area contributed by atoms with E-state index >= 15 is 0 Å². The zero-order chi connectivity index (χ0) is 25.9. The summed E-state index contributed by atoms with van der Waals surface area (Å²) in [6.07, 6.45) is -0.643. The smallest absolute Gasteiger partial charge is 0.414 e. The zero-order valence-corrected chi connectivity index (χ0v) is 21.2. The van der Waals surface area contributed by atoms with Crippen LogP contribution < -0.4 is 20.8 Å². The lowest BCUT2D eigenvalue weighted by atomic mass is 9.95. The lowest BCUT2D eigenvalue weighted by Gasteiger charge is -2.17. The van der Waals surface area contributed by atoms with Gasteiger partial charge in [-0.1, -0.05) is 23.7 Å². The van der Waals surface area contributed by atoms with E-state index in [1.807, 2.05) is 0 Å². The Morgan fingerprint density at radius 2 is 1.97 bits per heavy atom. The van der Waals surface area contributed by atoms with Crippen molar-refractivity contribution in [2.75, 3.05) is 34.4 Å². The molecule has 0 fully saturated rings. The van der Waals surface area contributed by atoms with Gasteiger partial charge in [0.1, 0.15) is 5.58 Å². The quantitative estimate of drug-likeness (QED) is 0.339. The summed E-state index contributed by atoms with van der Waals surface area (Å²) in [6.45, 7) is 2.01. The van der Waals surface area contributed by atoms with Gasteiger partial charge in [-0.3, -0.25) is 0 Å². The van der Waals surface area contributed by atoms with Gasteiger partial charge in [0, 0.05) is 39.2 Å². The molecule has 0 aliphatic rings. The van der Waals surface area contributed by atoms with Crippen molar-refractivity contribution in [3.05, 3.63) is 68.5 Å². The van der Waals surface area contributed by atoms with Gasteiger partial charge in [-0.25, -0.2) is 22.7 Å². The lowest BCUT2D eigenvalue weighted by molar-refractivity contribution is 0.172. The maximum absolute atomic E-state index is 12.9. The third-order valence-corrected chi connectivity index (χ3v) is 7.02. The maximum atomic E-state index is 12.9. The first-order chi connectivity index (χ1) is 16.5. The van der Waals surface area contributed by atoms with Crippen molar-refractivity contribution in [3.8, 4) is 5.75 Å². The predicted octanol–water partition coefficient (Wildman–Crippen LogP) is 2.79. The number of hydrogen-bond donors (Lipinski definition) is 2. The molecular weight excluding hydrogens is 498 g/mol. The van der Waals surface area contributed by atoms with E-state index in [1.54, 1.807) is 19.1 Å². The Kier molecular flexibility index (Phi) is 8.18. The van der Waals surface area contributed by atoms with Crippen LogP contribution in [0.2, 0.25) is 5.02 Å². The first-order valence-electron chi connectivity index (χ1n) is 10.5. The number of aryl methyl sites for hydroxylation is 1. The van der Waals surface area contributed by atoms with Crippen molar-refractivity contribution in [1.82, 2.24) is 9.62 Å². The summed E-state index contributed by atoms with van der Waals surface area (Å²) in [4.78, 5) is 26.0. The summed E-state index contributed by atoms with van der Waals surface area (Å²) in [6, 6.07) is 7.90. The fourth-order valence-corrected chi connectivity index (χ4v) is 4.66. The van der Waals surface area contributed by atoms with E-state index in [9.17, 15) is 18.0 Å². The second kappa shape index (κ2) is 10.8. The number of halogens is 1. The lowest BCUT2D eigenvalue weighted by Crippen LogP contribution is -2.27. The van der Waals surface area contributed by atoms with E-state index in [4.69, 9.17) is 31.2 Å². The normalized spacial score (nSPS) is 12.5. The molecule has 35 heavy (non-hydrogen) atoms. The highest BCUT2D eigenvalue weighted by Crippen LogP contribution is 2.34. The third-order valence-electron chi connectivity index (χ3n) is 5.26. The highest BCUT2D eigenvalue weighted by atomic mass is 35.5. The van der Waals surface area contributed by atoms with Gasteiger partial charge < -0.3 is 24.5 Å². The van der Waals surface area contributed by atoms with Gasteiger partial charge in [-0.05, 0) is 36.2 Å². The second-order valence-electron chi connectivity index (χ2n) is 7.91. The molecule has 188 valence electrons. The molecule has 0 aliphatic carbocycles. The van der Waals surface area contributed by atoms with Gasteiger partial charge in [0.15, 0.2) is 5.75 Å². The topological polar surface area (TPSA) is 141 Å². The largest absolute Gasteiger partial charge is 0.422 e. The number of nitrogens with zero attached hydrogens (tertiary/aromatic N) is 1. The van der Waals surface area contributed by atoms with Gasteiger partial charge in [-0.15, -0.1) is 0 Å². The molecule has 0 aliphatic heterocycles. The number of fused-ring (bicyclic) bond motifs is 1. The second-order valence-corrected chi connectivity index (χ2v) is 10.1. The SMILES string of the molecule is COCCNS(=O)(=O)c1cccc(C(N)c2c(C)c3cc(Cl)c(OC(=O)N(C)C)cc3oc2=O)c1. The summed E-state index contributed by atoms with van der Waals surface area (Å²) in [5, 5.41) is 0.633. The van der Waals surface area contributed by atoms with Crippen molar-refractivity contribution >= 4 is 38.7 Å². The van der Waals surface area contributed by atoms with Gasteiger partial charge in [0.2, 0.25) is 10.0 Å². The molecule has 12 heteroatoms. The summed E-state index contributed by atoms with van der Waals surface area (Å²) in [5.41, 5.74) is 6.91. The molecular formula is C23H26ClN3O7S. The summed E-state index contributed by atoms with van der Waals surface area (Å²) in [5.74, 6) is 0.0383.